The second-order valence-corrected chi connectivity index (χ2v) is 12.4. The van der Waals surface area contributed by atoms with Crippen molar-refractivity contribution in [2.24, 2.45) is 17.3 Å². The van der Waals surface area contributed by atoms with Gasteiger partial charge in [0.05, 0.1) is 40.8 Å². The Morgan fingerprint density at radius 3 is 2.45 bits per heavy atom. The number of nitrogens with one attached hydrogen (secondary N) is 1. The molecule has 0 aromatic carbocycles. The number of imide groups is 1. The number of pyridine rings is 2. The Kier molecular flexibility index (Phi) is 8.69. The molecule has 2 saturated heterocycles. The summed E-state index contributed by atoms with van der Waals surface area (Å²) < 4.78 is 43.0. The molecule has 226 valence electrons. The molecule has 3 aromatic rings. The quantitative estimate of drug-likeness (QED) is 0.377. The zero-order chi connectivity index (χ0) is 28.6. The van der Waals surface area contributed by atoms with Crippen molar-refractivity contribution in [2.45, 2.75) is 39.8 Å². The first kappa shape index (κ1) is 32.1. The van der Waals surface area contributed by atoms with Crippen LogP contribution in [0.15, 0.2) is 24.4 Å². The highest BCUT2D eigenvalue weighted by atomic mass is 35.5. The van der Waals surface area contributed by atoms with E-state index in [0.717, 1.165) is 4.88 Å². The molecule has 2 unspecified atom stereocenters. The third-order valence-corrected chi connectivity index (χ3v) is 9.49. The summed E-state index contributed by atoms with van der Waals surface area (Å²) in [5.41, 5.74) is 1.37. The van der Waals surface area contributed by atoms with Crippen LogP contribution in [0.3, 0.4) is 0 Å². The second-order valence-electron chi connectivity index (χ2n) is 11.3. The molecule has 14 heteroatoms. The second kappa shape index (κ2) is 11.4. The molecule has 2 aliphatic heterocycles. The van der Waals surface area contributed by atoms with Crippen LogP contribution in [0.5, 0.6) is 0 Å². The molecule has 3 amide bonds. The Balaban J connectivity index is 0.00000202. The maximum atomic E-state index is 14.5. The summed E-state index contributed by atoms with van der Waals surface area (Å²) in [7, 11) is 0. The highest BCUT2D eigenvalue weighted by Gasteiger charge is 2.72. The maximum absolute atomic E-state index is 14.5. The molecular formula is C28H30Cl2F3N5O3S. The van der Waals surface area contributed by atoms with Crippen LogP contribution in [-0.2, 0) is 33.4 Å². The lowest BCUT2D eigenvalue weighted by molar-refractivity contribution is -0.143. The summed E-state index contributed by atoms with van der Waals surface area (Å²) in [6, 6.07) is 4.63. The zero-order valence-corrected chi connectivity index (χ0v) is 25.5. The van der Waals surface area contributed by atoms with Gasteiger partial charge in [0, 0.05) is 41.8 Å². The van der Waals surface area contributed by atoms with Crippen LogP contribution in [0.1, 0.15) is 35.5 Å². The van der Waals surface area contributed by atoms with Gasteiger partial charge in [-0.2, -0.15) is 8.78 Å². The molecule has 3 aliphatic rings. The minimum Gasteiger partial charge on any atom is -0.336 e. The van der Waals surface area contributed by atoms with Crippen molar-refractivity contribution in [3.63, 3.8) is 0 Å². The summed E-state index contributed by atoms with van der Waals surface area (Å²) >= 11 is 1.31. The highest BCUT2D eigenvalue weighted by Crippen LogP contribution is 2.63. The Bertz CT molecular complexity index is 1560. The van der Waals surface area contributed by atoms with Crippen LogP contribution >= 0.6 is 36.2 Å². The number of aryl methyl sites for hydroxylation is 1. The van der Waals surface area contributed by atoms with Crippen molar-refractivity contribution in [2.75, 3.05) is 26.3 Å². The molecule has 2 atom stereocenters. The van der Waals surface area contributed by atoms with Gasteiger partial charge in [-0.25, -0.2) is 9.37 Å². The minimum atomic E-state index is -3.78. The first-order valence-electron chi connectivity index (χ1n) is 13.1. The molecule has 0 bridgehead atoms. The zero-order valence-electron chi connectivity index (χ0n) is 23.1. The first-order valence-corrected chi connectivity index (χ1v) is 13.9. The van der Waals surface area contributed by atoms with E-state index in [1.54, 1.807) is 24.0 Å². The molecule has 3 aromatic heterocycles. The summed E-state index contributed by atoms with van der Waals surface area (Å²) in [5, 5.41) is 3.01. The van der Waals surface area contributed by atoms with E-state index >= 15 is 0 Å². The molecule has 1 N–H and O–H groups in total. The van der Waals surface area contributed by atoms with Gasteiger partial charge in [-0.1, -0.05) is 13.8 Å². The van der Waals surface area contributed by atoms with Gasteiger partial charge in [0.2, 0.25) is 17.7 Å². The number of amides is 3. The predicted molar refractivity (Wildman–Crippen MR) is 157 cm³/mol. The van der Waals surface area contributed by atoms with E-state index in [1.807, 2.05) is 13.8 Å². The number of carbonyl (C=O) groups excluding carboxylic acids is 3. The van der Waals surface area contributed by atoms with Gasteiger partial charge in [0.1, 0.15) is 5.69 Å². The molecule has 1 saturated carbocycles. The number of thiophene rings is 1. The Morgan fingerprint density at radius 1 is 1.12 bits per heavy atom. The average molecular weight is 645 g/mol. The van der Waals surface area contributed by atoms with Crippen molar-refractivity contribution in [1.29, 1.82) is 0 Å². The lowest BCUT2D eigenvalue weighted by Crippen LogP contribution is -2.47. The normalized spacial score (nSPS) is 21.3. The SMILES string of the molecule is Cc1cc(C(F)(F)CF)nc(-c2ccnc3cc(CN4C(=O)C5C(C4=O)C5(C)C)sc23)c1CN1CCNCC1=O.Cl.Cl. The molecule has 0 radical (unpaired) electrons. The van der Waals surface area contributed by atoms with Crippen LogP contribution in [0, 0.1) is 24.2 Å². The molecule has 5 heterocycles. The number of rotatable bonds is 7. The maximum Gasteiger partial charge on any atom is 0.317 e. The molecule has 8 nitrogen and oxygen atoms in total. The molecule has 1 aliphatic carbocycles. The van der Waals surface area contributed by atoms with Gasteiger partial charge in [0.15, 0.2) is 6.67 Å². The van der Waals surface area contributed by atoms with Gasteiger partial charge in [0.25, 0.3) is 0 Å². The summed E-state index contributed by atoms with van der Waals surface area (Å²) in [6.45, 7) is 5.11. The number of halogens is 5. The summed E-state index contributed by atoms with van der Waals surface area (Å²) in [5.74, 6) is -4.81. The van der Waals surface area contributed by atoms with E-state index in [-0.39, 0.29) is 85.1 Å². The molecule has 42 heavy (non-hydrogen) atoms. The van der Waals surface area contributed by atoms with Gasteiger partial charge in [-0.3, -0.25) is 24.3 Å². The van der Waals surface area contributed by atoms with Crippen molar-refractivity contribution < 1.29 is 27.6 Å². The standard InChI is InChI=1S/C28H28F3N5O3S.2ClH/c1-14-8-19(28(30,31)13-29)34-23(17(14)12-35-7-6-32-10-20(35)37)16-4-5-33-18-9-15(40-24(16)18)11-36-25(38)21-22(26(36)39)27(21,2)3;;/h4-5,8-9,21-22,32H,6-7,10-13H2,1-3H3;2*1H. The third kappa shape index (κ3) is 5.16. The fraction of sp³-hybridized carbons (Fsp3) is 0.464. The van der Waals surface area contributed by atoms with Crippen molar-refractivity contribution in [1.82, 2.24) is 25.1 Å². The topological polar surface area (TPSA) is 95.5 Å². The van der Waals surface area contributed by atoms with E-state index < -0.39 is 18.3 Å². The van der Waals surface area contributed by atoms with E-state index in [1.165, 1.54) is 28.5 Å². The Labute approximate surface area is 256 Å². The largest absolute Gasteiger partial charge is 0.336 e. The van der Waals surface area contributed by atoms with Crippen molar-refractivity contribution >= 4 is 64.1 Å². The third-order valence-electron chi connectivity index (χ3n) is 8.35. The highest BCUT2D eigenvalue weighted by molar-refractivity contribution is 7.19. The number of carbonyl (C=O) groups is 3. The van der Waals surface area contributed by atoms with Crippen LogP contribution in [0.25, 0.3) is 21.5 Å². The Hall–Kier alpha value is -2.80. The smallest absolute Gasteiger partial charge is 0.317 e. The van der Waals surface area contributed by atoms with Crippen LogP contribution in [0.2, 0.25) is 0 Å². The van der Waals surface area contributed by atoms with Gasteiger partial charge >= 0.3 is 5.92 Å². The number of fused-ring (bicyclic) bond motifs is 2. The number of nitrogens with zero attached hydrogens (tertiary/aromatic N) is 4. The first-order chi connectivity index (χ1) is 18.9. The number of hydrogen-bond acceptors (Lipinski definition) is 7. The number of alkyl halides is 3. The molecule has 6 rings (SSSR count). The summed E-state index contributed by atoms with van der Waals surface area (Å²) in [6.07, 6.45) is 1.54. The lowest BCUT2D eigenvalue weighted by atomic mass is 9.98. The van der Waals surface area contributed by atoms with E-state index in [9.17, 15) is 27.6 Å². The molecule has 3 fully saturated rings. The minimum absolute atomic E-state index is 0. The fourth-order valence-electron chi connectivity index (χ4n) is 5.95. The monoisotopic (exact) mass is 643 g/mol. The molecule has 0 spiro atoms. The number of likely N-dealkylation sites (tertiary alicyclic amines) is 1. The summed E-state index contributed by atoms with van der Waals surface area (Å²) in [4.78, 5) is 50.7. The van der Waals surface area contributed by atoms with Crippen LogP contribution < -0.4 is 5.32 Å². The number of hydrogen-bond donors (Lipinski definition) is 1. The molecular weight excluding hydrogens is 614 g/mol. The van der Waals surface area contributed by atoms with Crippen molar-refractivity contribution in [3.8, 4) is 11.3 Å². The van der Waals surface area contributed by atoms with Gasteiger partial charge < -0.3 is 10.2 Å². The number of piperidine rings is 1. The number of piperazine rings is 1. The van der Waals surface area contributed by atoms with E-state index in [2.05, 4.69) is 15.3 Å². The van der Waals surface area contributed by atoms with E-state index in [0.29, 0.717) is 40.0 Å². The van der Waals surface area contributed by atoms with Crippen LogP contribution in [-0.4, -0.2) is 63.8 Å². The Morgan fingerprint density at radius 2 is 1.81 bits per heavy atom. The fourth-order valence-corrected chi connectivity index (χ4v) is 7.07. The van der Waals surface area contributed by atoms with Gasteiger partial charge in [-0.05, 0) is 36.1 Å². The van der Waals surface area contributed by atoms with Gasteiger partial charge in [-0.15, -0.1) is 36.2 Å². The van der Waals surface area contributed by atoms with Crippen molar-refractivity contribution in [3.05, 3.63) is 46.1 Å². The predicted octanol–water partition coefficient (Wildman–Crippen LogP) is 4.64. The average Bonchev–Trinajstić information content (AvgIpc) is 3.16. The number of aromatic nitrogens is 2. The lowest BCUT2D eigenvalue weighted by Gasteiger charge is -2.29. The van der Waals surface area contributed by atoms with Crippen LogP contribution in [0.4, 0.5) is 13.2 Å². The van der Waals surface area contributed by atoms with E-state index in [4.69, 9.17) is 0 Å².